The quantitative estimate of drug-likeness (QED) is 0.248. The van der Waals surface area contributed by atoms with Crippen LogP contribution in [0.1, 0.15) is 22.7 Å². The number of Topliss-reactive ketones (excluding diaryl/α,β-unsaturated/α-hetero) is 1. The Bertz CT molecular complexity index is 1460. The van der Waals surface area contributed by atoms with E-state index >= 15 is 0 Å². The number of hydrogen-bond donors (Lipinski definition) is 2. The summed E-state index contributed by atoms with van der Waals surface area (Å²) in [5, 5.41) is 21.3. The van der Waals surface area contributed by atoms with Crippen LogP contribution in [-0.2, 0) is 9.59 Å². The van der Waals surface area contributed by atoms with Gasteiger partial charge in [0.2, 0.25) is 0 Å². The summed E-state index contributed by atoms with van der Waals surface area (Å²) in [4.78, 5) is 32.4. The Hall–Kier alpha value is -4.17. The molecular formula is C26H20N2O5S. The second kappa shape index (κ2) is 8.31. The van der Waals surface area contributed by atoms with Crippen molar-refractivity contribution in [3.05, 3.63) is 89.0 Å². The highest BCUT2D eigenvalue weighted by Gasteiger charge is 2.48. The number of amides is 1. The predicted molar refractivity (Wildman–Crippen MR) is 130 cm³/mol. The topological polar surface area (TPSA) is 100.0 Å². The van der Waals surface area contributed by atoms with Crippen LogP contribution in [0.2, 0.25) is 0 Å². The Morgan fingerprint density at radius 2 is 1.74 bits per heavy atom. The van der Waals surface area contributed by atoms with Gasteiger partial charge >= 0.3 is 5.91 Å². The first-order valence-corrected chi connectivity index (χ1v) is 11.3. The number of ketones is 1. The molecule has 0 bridgehead atoms. The molecular weight excluding hydrogens is 452 g/mol. The summed E-state index contributed by atoms with van der Waals surface area (Å²) in [5.74, 6) is -1.23. The van der Waals surface area contributed by atoms with Crippen molar-refractivity contribution in [2.24, 2.45) is 0 Å². The fourth-order valence-corrected chi connectivity index (χ4v) is 5.12. The molecule has 1 fully saturated rings. The maximum Gasteiger partial charge on any atom is 0.301 e. The Morgan fingerprint density at radius 3 is 2.41 bits per heavy atom. The van der Waals surface area contributed by atoms with E-state index in [1.807, 2.05) is 25.1 Å². The minimum absolute atomic E-state index is 0.0451. The number of ether oxygens (including phenoxy) is 1. The molecule has 0 spiro atoms. The van der Waals surface area contributed by atoms with Crippen LogP contribution < -0.4 is 9.64 Å². The third kappa shape index (κ3) is 3.58. The lowest BCUT2D eigenvalue weighted by atomic mass is 9.95. The molecule has 2 heterocycles. The third-order valence-corrected chi connectivity index (χ3v) is 6.77. The smallest absolute Gasteiger partial charge is 0.301 e. The first-order valence-electron chi connectivity index (χ1n) is 10.5. The van der Waals surface area contributed by atoms with Gasteiger partial charge in [-0.3, -0.25) is 14.5 Å². The highest BCUT2D eigenvalue weighted by Crippen LogP contribution is 2.44. The SMILES string of the molecule is COc1ccc(/C(O)=C2\C(=O)C(=O)N(c3nc4ccc(C)cc4s3)C2c2ccc(O)cc2)cc1. The Labute approximate surface area is 199 Å². The summed E-state index contributed by atoms with van der Waals surface area (Å²) in [6.45, 7) is 1.97. The van der Waals surface area contributed by atoms with Gasteiger partial charge in [0.25, 0.3) is 5.78 Å². The van der Waals surface area contributed by atoms with Gasteiger partial charge in [-0.15, -0.1) is 0 Å². The first-order chi connectivity index (χ1) is 16.4. The average Bonchev–Trinajstić information content (AvgIpc) is 3.37. The van der Waals surface area contributed by atoms with Gasteiger partial charge in [0.1, 0.15) is 17.3 Å². The zero-order valence-corrected chi connectivity index (χ0v) is 19.2. The van der Waals surface area contributed by atoms with Crippen LogP contribution in [0.5, 0.6) is 11.5 Å². The number of rotatable bonds is 4. The molecule has 2 N–H and O–H groups in total. The number of phenols is 1. The number of fused-ring (bicyclic) bond motifs is 1. The summed E-state index contributed by atoms with van der Waals surface area (Å²) in [5.41, 5.74) is 2.66. The number of methoxy groups -OCH3 is 1. The monoisotopic (exact) mass is 472 g/mol. The van der Waals surface area contributed by atoms with Crippen molar-refractivity contribution >= 4 is 44.1 Å². The molecule has 8 heteroatoms. The predicted octanol–water partition coefficient (Wildman–Crippen LogP) is 4.95. The number of anilines is 1. The first kappa shape index (κ1) is 21.7. The van der Waals surface area contributed by atoms with Crippen LogP contribution >= 0.6 is 11.3 Å². The molecule has 1 unspecified atom stereocenters. The lowest BCUT2D eigenvalue weighted by Crippen LogP contribution is -2.29. The number of aliphatic hydroxyl groups excluding tert-OH is 1. The molecule has 1 aromatic heterocycles. The number of nitrogens with zero attached hydrogens (tertiary/aromatic N) is 2. The molecule has 7 nitrogen and oxygen atoms in total. The van der Waals surface area contributed by atoms with E-state index in [1.165, 1.54) is 35.5 Å². The minimum atomic E-state index is -0.913. The van der Waals surface area contributed by atoms with Gasteiger partial charge in [-0.2, -0.15) is 0 Å². The van der Waals surface area contributed by atoms with Crippen molar-refractivity contribution in [1.29, 1.82) is 0 Å². The molecule has 170 valence electrons. The second-order valence-electron chi connectivity index (χ2n) is 7.96. The number of carbonyl (C=O) groups is 2. The highest BCUT2D eigenvalue weighted by molar-refractivity contribution is 7.22. The van der Waals surface area contributed by atoms with Crippen LogP contribution in [-0.4, -0.2) is 34.0 Å². The van der Waals surface area contributed by atoms with Gasteiger partial charge < -0.3 is 14.9 Å². The summed E-state index contributed by atoms with van der Waals surface area (Å²) in [6, 6.07) is 17.6. The Kier molecular flexibility index (Phi) is 5.30. The maximum absolute atomic E-state index is 13.3. The largest absolute Gasteiger partial charge is 0.508 e. The van der Waals surface area contributed by atoms with Gasteiger partial charge in [0.05, 0.1) is 28.9 Å². The van der Waals surface area contributed by atoms with Gasteiger partial charge in [-0.25, -0.2) is 4.98 Å². The standard InChI is InChI=1S/C26H20N2O5S/c1-14-3-12-19-20(13-14)34-26(27-19)28-22(15-4-8-17(29)9-5-15)21(24(31)25(28)32)23(30)16-6-10-18(33-2)11-7-16/h3-13,22,29-30H,1-2H3/b23-21+. The molecule has 1 saturated heterocycles. The molecule has 3 aromatic carbocycles. The number of aryl methyl sites for hydroxylation is 1. The number of aromatic nitrogens is 1. The molecule has 4 aromatic rings. The van der Waals surface area contributed by atoms with Crippen molar-refractivity contribution in [2.75, 3.05) is 12.0 Å². The summed E-state index contributed by atoms with van der Waals surface area (Å²) < 4.78 is 6.05. The number of aliphatic hydroxyl groups is 1. The summed E-state index contributed by atoms with van der Waals surface area (Å²) in [6.07, 6.45) is 0. The molecule has 34 heavy (non-hydrogen) atoms. The summed E-state index contributed by atoms with van der Waals surface area (Å²) >= 11 is 1.30. The number of phenolic OH excluding ortho intramolecular Hbond substituents is 1. The van der Waals surface area contributed by atoms with E-state index in [0.29, 0.717) is 27.5 Å². The molecule has 0 aliphatic carbocycles. The lowest BCUT2D eigenvalue weighted by molar-refractivity contribution is -0.132. The van der Waals surface area contributed by atoms with E-state index in [-0.39, 0.29) is 17.1 Å². The number of hydrogen-bond acceptors (Lipinski definition) is 7. The number of carbonyl (C=O) groups excluding carboxylic acids is 2. The van der Waals surface area contributed by atoms with Gasteiger partial charge in [-0.05, 0) is 66.6 Å². The highest BCUT2D eigenvalue weighted by atomic mass is 32.1. The number of thiazole rings is 1. The van der Waals surface area contributed by atoms with Crippen LogP contribution in [0.3, 0.4) is 0 Å². The van der Waals surface area contributed by atoms with E-state index in [0.717, 1.165) is 10.3 Å². The summed E-state index contributed by atoms with van der Waals surface area (Å²) in [7, 11) is 1.53. The van der Waals surface area contributed by atoms with E-state index < -0.39 is 17.7 Å². The second-order valence-corrected chi connectivity index (χ2v) is 8.97. The van der Waals surface area contributed by atoms with Gasteiger partial charge in [0, 0.05) is 5.56 Å². The Morgan fingerprint density at radius 1 is 1.03 bits per heavy atom. The molecule has 1 aliphatic rings. The van der Waals surface area contributed by atoms with Crippen molar-refractivity contribution in [2.45, 2.75) is 13.0 Å². The van der Waals surface area contributed by atoms with Gasteiger partial charge in [-0.1, -0.05) is 29.5 Å². The van der Waals surface area contributed by atoms with E-state index in [2.05, 4.69) is 4.98 Å². The van der Waals surface area contributed by atoms with E-state index in [4.69, 9.17) is 4.74 Å². The van der Waals surface area contributed by atoms with Crippen LogP contribution in [0.25, 0.3) is 16.0 Å². The molecule has 5 rings (SSSR count). The number of benzene rings is 3. The van der Waals surface area contributed by atoms with Crippen LogP contribution in [0.15, 0.2) is 72.3 Å². The zero-order chi connectivity index (χ0) is 24.0. The van der Waals surface area contributed by atoms with Crippen LogP contribution in [0, 0.1) is 6.92 Å². The van der Waals surface area contributed by atoms with Crippen molar-refractivity contribution in [3.8, 4) is 11.5 Å². The van der Waals surface area contributed by atoms with E-state index in [9.17, 15) is 19.8 Å². The molecule has 0 radical (unpaired) electrons. The van der Waals surface area contributed by atoms with E-state index in [1.54, 1.807) is 36.4 Å². The van der Waals surface area contributed by atoms with Crippen molar-refractivity contribution in [1.82, 2.24) is 4.98 Å². The molecule has 1 atom stereocenters. The minimum Gasteiger partial charge on any atom is -0.508 e. The zero-order valence-electron chi connectivity index (χ0n) is 18.4. The Balaban J connectivity index is 1.71. The fraction of sp³-hybridized carbons (Fsp3) is 0.115. The normalized spacial score (nSPS) is 17.5. The molecule has 0 saturated carbocycles. The third-order valence-electron chi connectivity index (χ3n) is 5.76. The van der Waals surface area contributed by atoms with Gasteiger partial charge in [0.15, 0.2) is 5.13 Å². The van der Waals surface area contributed by atoms with Crippen molar-refractivity contribution in [3.63, 3.8) is 0 Å². The molecule has 1 amide bonds. The lowest BCUT2D eigenvalue weighted by Gasteiger charge is -2.23. The van der Waals surface area contributed by atoms with Crippen molar-refractivity contribution < 1.29 is 24.5 Å². The molecule has 1 aliphatic heterocycles. The fourth-order valence-electron chi connectivity index (χ4n) is 4.03. The van der Waals surface area contributed by atoms with Crippen LogP contribution in [0.4, 0.5) is 5.13 Å². The average molecular weight is 473 g/mol. The number of aromatic hydroxyl groups is 1. The maximum atomic E-state index is 13.3.